The predicted octanol–water partition coefficient (Wildman–Crippen LogP) is 6.31. The van der Waals surface area contributed by atoms with Crippen molar-refractivity contribution in [1.82, 2.24) is 0 Å². The minimum Gasteiger partial charge on any atom is -0.289 e. The molecule has 2 nitrogen and oxygen atoms in total. The molecule has 138 valence electrons. The average Bonchev–Trinajstić information content (AvgIpc) is 2.58. The summed E-state index contributed by atoms with van der Waals surface area (Å²) in [5.74, 6) is -1.42. The first-order valence-corrected chi connectivity index (χ1v) is 8.10. The summed E-state index contributed by atoms with van der Waals surface area (Å²) >= 11 is 0. The van der Waals surface area contributed by atoms with Crippen LogP contribution in [0.25, 0.3) is 0 Å². The number of benzene rings is 2. The van der Waals surface area contributed by atoms with Gasteiger partial charge in [0.15, 0.2) is 14.2 Å². The fourth-order valence-electron chi connectivity index (χ4n) is 2.53. The van der Waals surface area contributed by atoms with E-state index in [9.17, 15) is 35.7 Å². The third-order valence-corrected chi connectivity index (χ3v) is 4.31. The molecule has 0 aliphatic heterocycles. The third-order valence-electron chi connectivity index (χ3n) is 3.72. The van der Waals surface area contributed by atoms with Crippen molar-refractivity contribution in [2.75, 3.05) is 0 Å². The maximum Gasteiger partial charge on any atom is 0.417 e. The number of alkyl halides is 6. The van der Waals surface area contributed by atoms with E-state index >= 15 is 0 Å². The normalized spacial score (nSPS) is 13.7. The highest BCUT2D eigenvalue weighted by atomic mass is 31.1. The number of rotatable bonds is 4. The Labute approximate surface area is 146 Å². The molecule has 1 atom stereocenters. The standard InChI is InChI=1S/C17H11F6O2P/c1-9(26-25)10-5-2-3-6-11(10)15(24)14-12(16(18,19)20)7-4-8-13(14)17(21,22)23/h2-9H,1H3. The second-order valence-electron chi connectivity index (χ2n) is 5.42. The van der Waals surface area contributed by atoms with Gasteiger partial charge in [-0.1, -0.05) is 30.3 Å². The lowest BCUT2D eigenvalue weighted by molar-refractivity contribution is -0.143. The van der Waals surface area contributed by atoms with E-state index in [0.717, 1.165) is 6.07 Å². The highest BCUT2D eigenvalue weighted by molar-refractivity contribution is 7.24. The summed E-state index contributed by atoms with van der Waals surface area (Å²) < 4.78 is 90.6. The molecular formula is C17H11F6O2P. The number of halogens is 6. The summed E-state index contributed by atoms with van der Waals surface area (Å²) in [5.41, 5.74) is -5.83. The molecule has 0 saturated heterocycles. The van der Waals surface area contributed by atoms with Crippen LogP contribution < -0.4 is 0 Å². The van der Waals surface area contributed by atoms with Crippen molar-refractivity contribution in [3.05, 3.63) is 70.3 Å². The first kappa shape index (κ1) is 20.1. The molecular weight excluding hydrogens is 381 g/mol. The number of carbonyl (C=O) groups excluding carboxylic acids is 1. The fourth-order valence-corrected chi connectivity index (χ4v) is 2.87. The molecule has 0 spiro atoms. The van der Waals surface area contributed by atoms with Crippen LogP contribution in [0.5, 0.6) is 0 Å². The molecule has 2 aromatic rings. The van der Waals surface area contributed by atoms with Crippen LogP contribution in [0, 0.1) is 0 Å². The first-order valence-electron chi connectivity index (χ1n) is 7.22. The van der Waals surface area contributed by atoms with Crippen LogP contribution in [0.2, 0.25) is 0 Å². The quantitative estimate of drug-likeness (QED) is 0.347. The van der Waals surface area contributed by atoms with Gasteiger partial charge in [0.05, 0.1) is 16.8 Å². The lowest BCUT2D eigenvalue weighted by Crippen LogP contribution is -2.21. The van der Waals surface area contributed by atoms with E-state index in [-0.39, 0.29) is 11.1 Å². The van der Waals surface area contributed by atoms with E-state index in [4.69, 9.17) is 0 Å². The monoisotopic (exact) mass is 392 g/mol. The van der Waals surface area contributed by atoms with E-state index in [1.54, 1.807) is 0 Å². The van der Waals surface area contributed by atoms with Crippen LogP contribution in [0.15, 0.2) is 42.5 Å². The Morgan fingerprint density at radius 2 is 1.38 bits per heavy atom. The molecule has 0 saturated carbocycles. The zero-order valence-electron chi connectivity index (χ0n) is 13.2. The minimum atomic E-state index is -5.15. The van der Waals surface area contributed by atoms with Gasteiger partial charge in [0.25, 0.3) is 0 Å². The van der Waals surface area contributed by atoms with Crippen molar-refractivity contribution in [3.8, 4) is 0 Å². The second-order valence-corrected chi connectivity index (χ2v) is 6.41. The second kappa shape index (κ2) is 7.19. The maximum absolute atomic E-state index is 13.2. The Kier molecular flexibility index (Phi) is 5.56. The Bertz CT molecular complexity index is 810. The molecule has 0 radical (unpaired) electrons. The van der Waals surface area contributed by atoms with Crippen molar-refractivity contribution >= 4 is 14.2 Å². The van der Waals surface area contributed by atoms with E-state index < -0.39 is 48.9 Å². The Morgan fingerprint density at radius 1 is 0.885 bits per heavy atom. The highest BCUT2D eigenvalue weighted by Crippen LogP contribution is 2.41. The molecule has 1 unspecified atom stereocenters. The predicted molar refractivity (Wildman–Crippen MR) is 82.3 cm³/mol. The molecule has 0 aliphatic rings. The fraction of sp³-hybridized carbons (Fsp3) is 0.235. The van der Waals surface area contributed by atoms with Gasteiger partial charge in [0.2, 0.25) is 0 Å². The largest absolute Gasteiger partial charge is 0.417 e. The lowest BCUT2D eigenvalue weighted by Gasteiger charge is -2.19. The highest BCUT2D eigenvalue weighted by Gasteiger charge is 2.43. The number of hydrogen-bond acceptors (Lipinski definition) is 2. The van der Waals surface area contributed by atoms with E-state index in [2.05, 4.69) is 0 Å². The Morgan fingerprint density at radius 3 is 1.85 bits per heavy atom. The van der Waals surface area contributed by atoms with Crippen molar-refractivity contribution in [2.24, 2.45) is 0 Å². The van der Waals surface area contributed by atoms with Gasteiger partial charge in [-0.3, -0.25) is 9.36 Å². The van der Waals surface area contributed by atoms with Crippen LogP contribution in [-0.2, 0) is 16.9 Å². The molecule has 2 aromatic carbocycles. The van der Waals surface area contributed by atoms with Crippen LogP contribution in [0.3, 0.4) is 0 Å². The summed E-state index contributed by atoms with van der Waals surface area (Å²) in [7, 11) is -0.420. The summed E-state index contributed by atoms with van der Waals surface area (Å²) in [4.78, 5) is 12.7. The molecule has 26 heavy (non-hydrogen) atoms. The van der Waals surface area contributed by atoms with Gasteiger partial charge >= 0.3 is 12.4 Å². The van der Waals surface area contributed by atoms with Gasteiger partial charge in [-0.05, 0) is 24.6 Å². The third kappa shape index (κ3) is 3.96. The molecule has 0 fully saturated rings. The maximum atomic E-state index is 13.2. The van der Waals surface area contributed by atoms with Crippen LogP contribution in [0.1, 0.15) is 45.2 Å². The SMILES string of the molecule is CC(P=O)c1ccccc1C(=O)c1c(C(F)(F)F)cccc1C(F)(F)F. The molecule has 0 aromatic heterocycles. The van der Waals surface area contributed by atoms with Crippen LogP contribution in [0.4, 0.5) is 26.3 Å². The van der Waals surface area contributed by atoms with Gasteiger partial charge in [-0.15, -0.1) is 0 Å². The van der Waals surface area contributed by atoms with Crippen molar-refractivity contribution in [3.63, 3.8) is 0 Å². The summed E-state index contributed by atoms with van der Waals surface area (Å²) in [6, 6.07) is 6.69. The van der Waals surface area contributed by atoms with Crippen LogP contribution >= 0.6 is 8.46 Å². The Balaban J connectivity index is 2.80. The van der Waals surface area contributed by atoms with E-state index in [1.807, 2.05) is 0 Å². The molecule has 0 bridgehead atoms. The molecule has 0 heterocycles. The lowest BCUT2D eigenvalue weighted by atomic mass is 9.90. The van der Waals surface area contributed by atoms with Crippen LogP contribution in [-0.4, -0.2) is 5.78 Å². The van der Waals surface area contributed by atoms with Crippen molar-refractivity contribution in [1.29, 1.82) is 0 Å². The van der Waals surface area contributed by atoms with Gasteiger partial charge in [-0.2, -0.15) is 26.3 Å². The zero-order valence-corrected chi connectivity index (χ0v) is 14.0. The minimum absolute atomic E-state index is 0.0965. The molecule has 0 aliphatic carbocycles. The van der Waals surface area contributed by atoms with Gasteiger partial charge < -0.3 is 0 Å². The number of hydrogen-bond donors (Lipinski definition) is 0. The van der Waals surface area contributed by atoms with Crippen molar-refractivity contribution in [2.45, 2.75) is 24.9 Å². The smallest absolute Gasteiger partial charge is 0.289 e. The van der Waals surface area contributed by atoms with E-state index in [1.165, 1.54) is 25.1 Å². The van der Waals surface area contributed by atoms with Gasteiger partial charge in [-0.25, -0.2) is 0 Å². The molecule has 0 amide bonds. The Hall–Kier alpha value is -2.21. The van der Waals surface area contributed by atoms with Gasteiger partial charge in [0.1, 0.15) is 0 Å². The molecule has 9 heteroatoms. The number of carbonyl (C=O) groups is 1. The zero-order chi connectivity index (χ0) is 19.7. The summed E-state index contributed by atoms with van der Waals surface area (Å²) in [6.07, 6.45) is -10.3. The number of ketones is 1. The topological polar surface area (TPSA) is 34.1 Å². The molecule has 2 rings (SSSR count). The summed E-state index contributed by atoms with van der Waals surface area (Å²) in [5, 5.41) is 0. The molecule has 0 N–H and O–H groups in total. The van der Waals surface area contributed by atoms with E-state index in [0.29, 0.717) is 18.2 Å². The van der Waals surface area contributed by atoms with Gasteiger partial charge in [0, 0.05) is 11.1 Å². The average molecular weight is 392 g/mol. The first-order chi connectivity index (χ1) is 12.0. The summed E-state index contributed by atoms with van der Waals surface area (Å²) in [6.45, 7) is 1.43. The van der Waals surface area contributed by atoms with Crippen molar-refractivity contribution < 1.29 is 35.7 Å².